The number of likely N-dealkylation sites (N-methyl/N-ethyl adjacent to an activating group) is 1. The Morgan fingerprint density at radius 3 is 2.82 bits per heavy atom. The molecule has 0 unspecified atom stereocenters. The van der Waals surface area contributed by atoms with Crippen LogP contribution < -0.4 is 11.1 Å². The number of likely N-dealkylation sites (tertiary alicyclic amines) is 2. The van der Waals surface area contributed by atoms with Crippen molar-refractivity contribution in [2.45, 2.75) is 57.5 Å². The van der Waals surface area contributed by atoms with Gasteiger partial charge < -0.3 is 16.0 Å². The molecule has 38 heavy (non-hydrogen) atoms. The number of carbonyl (C=O) groups is 2. The molecule has 3 N–H and O–H groups in total. The number of aryl methyl sites for hydroxylation is 1. The Hall–Kier alpha value is -3.30. The third kappa shape index (κ3) is 5.17. The van der Waals surface area contributed by atoms with Gasteiger partial charge in [0.25, 0.3) is 0 Å². The summed E-state index contributed by atoms with van der Waals surface area (Å²) in [5.41, 5.74) is 9.19. The highest BCUT2D eigenvalue weighted by molar-refractivity contribution is 7.18. The van der Waals surface area contributed by atoms with E-state index in [0.29, 0.717) is 42.3 Å². The third-order valence-electron chi connectivity index (χ3n) is 7.95. The number of aromatic nitrogens is 2. The molecule has 0 spiro atoms. The zero-order valence-corrected chi connectivity index (χ0v) is 23.1. The molecule has 9 heteroatoms. The van der Waals surface area contributed by atoms with E-state index in [2.05, 4.69) is 54.0 Å². The number of nitrogens with zero attached hydrogens (tertiary/aromatic N) is 4. The van der Waals surface area contributed by atoms with Crippen LogP contribution in [0, 0.1) is 5.92 Å². The minimum atomic E-state index is -0.656. The molecular weight excluding hydrogens is 496 g/mol. The van der Waals surface area contributed by atoms with E-state index in [4.69, 9.17) is 10.7 Å². The molecule has 1 aromatic carbocycles. The minimum Gasteiger partial charge on any atom is -0.383 e. The molecule has 2 fully saturated rings. The van der Waals surface area contributed by atoms with Crippen LogP contribution in [0.2, 0.25) is 0 Å². The lowest BCUT2D eigenvalue weighted by atomic mass is 9.89. The standard InChI is InChI=1S/C29H36N6O2S/c1-5-18-11-21(14-31-26(18)30)32-27(36)29(37)35-15-17(3)7-9-24(35)19-8-10-25-23(13-19)33-28(38-25)20-12-22(6-2)34(4)16-20/h6,8,10-11,13-14,17,20,22,24H,2,5,7,9,12,15-16H2,1,3-4H3,(H2,30,31)(H,32,36)/t17-,20+,22-,24+/m0/s1. The maximum atomic E-state index is 13.4. The summed E-state index contributed by atoms with van der Waals surface area (Å²) in [7, 11) is 2.13. The van der Waals surface area contributed by atoms with Gasteiger partial charge in [-0.25, -0.2) is 9.97 Å². The first-order chi connectivity index (χ1) is 18.3. The van der Waals surface area contributed by atoms with Gasteiger partial charge in [-0.3, -0.25) is 14.5 Å². The van der Waals surface area contributed by atoms with Crippen LogP contribution in [0.25, 0.3) is 10.2 Å². The van der Waals surface area contributed by atoms with Crippen molar-refractivity contribution >= 4 is 44.9 Å². The second kappa shape index (κ2) is 10.8. The number of rotatable bonds is 5. The first-order valence-electron chi connectivity index (χ1n) is 13.4. The van der Waals surface area contributed by atoms with Gasteiger partial charge in [0.15, 0.2) is 0 Å². The third-order valence-corrected chi connectivity index (χ3v) is 9.15. The van der Waals surface area contributed by atoms with E-state index in [1.807, 2.05) is 13.0 Å². The molecule has 0 saturated carbocycles. The van der Waals surface area contributed by atoms with Crippen molar-refractivity contribution < 1.29 is 9.59 Å². The Morgan fingerprint density at radius 1 is 1.26 bits per heavy atom. The normalized spacial score (nSPS) is 24.0. The van der Waals surface area contributed by atoms with Crippen LogP contribution >= 0.6 is 11.3 Å². The largest absolute Gasteiger partial charge is 0.383 e. The van der Waals surface area contributed by atoms with Gasteiger partial charge >= 0.3 is 11.8 Å². The van der Waals surface area contributed by atoms with Crippen molar-refractivity contribution in [1.29, 1.82) is 0 Å². The summed E-state index contributed by atoms with van der Waals surface area (Å²) in [6.45, 7) is 9.58. The first-order valence-corrected chi connectivity index (χ1v) is 14.2. The summed E-state index contributed by atoms with van der Waals surface area (Å²) < 4.78 is 1.15. The number of pyridine rings is 1. The van der Waals surface area contributed by atoms with Gasteiger partial charge in [-0.15, -0.1) is 17.9 Å². The highest BCUT2D eigenvalue weighted by Gasteiger charge is 2.35. The fraction of sp³-hybridized carbons (Fsp3) is 0.448. The number of hydrogen-bond donors (Lipinski definition) is 2. The van der Waals surface area contributed by atoms with Crippen LogP contribution in [0.15, 0.2) is 43.1 Å². The molecule has 2 aliphatic rings. The molecule has 4 heterocycles. The SMILES string of the molecule is C=C[C@H]1C[C@@H](c2nc3cc([C@H]4CC[C@H](C)CN4C(=O)C(=O)Nc4cnc(N)c(CC)c4)ccc3s2)CN1C. The van der Waals surface area contributed by atoms with Crippen molar-refractivity contribution in [3.05, 3.63) is 59.3 Å². The summed E-state index contributed by atoms with van der Waals surface area (Å²) in [6.07, 6.45) is 7.03. The van der Waals surface area contributed by atoms with Crippen molar-refractivity contribution in [3.8, 4) is 0 Å². The zero-order valence-electron chi connectivity index (χ0n) is 22.3. The molecule has 0 bridgehead atoms. The average Bonchev–Trinajstić information content (AvgIpc) is 3.51. The number of amides is 2. The Morgan fingerprint density at radius 2 is 2.08 bits per heavy atom. The van der Waals surface area contributed by atoms with Crippen LogP contribution in [0.4, 0.5) is 11.5 Å². The number of piperidine rings is 1. The second-order valence-electron chi connectivity index (χ2n) is 10.7. The van der Waals surface area contributed by atoms with Gasteiger partial charge in [0.1, 0.15) is 5.82 Å². The number of fused-ring (bicyclic) bond motifs is 1. The van der Waals surface area contributed by atoms with Gasteiger partial charge in [0, 0.05) is 25.0 Å². The van der Waals surface area contributed by atoms with Crippen LogP contribution in [-0.2, 0) is 16.0 Å². The Bertz CT molecular complexity index is 1370. The molecule has 2 aliphatic heterocycles. The predicted octanol–water partition coefficient (Wildman–Crippen LogP) is 4.75. The van der Waals surface area contributed by atoms with Crippen molar-refractivity contribution in [2.75, 3.05) is 31.2 Å². The monoisotopic (exact) mass is 532 g/mol. The Labute approximate surface area is 227 Å². The molecule has 8 nitrogen and oxygen atoms in total. The fourth-order valence-electron chi connectivity index (χ4n) is 5.74. The number of carbonyl (C=O) groups excluding carboxylic acids is 2. The number of nitrogens with two attached hydrogens (primary N) is 1. The van der Waals surface area contributed by atoms with E-state index in [0.717, 1.165) is 52.2 Å². The highest BCUT2D eigenvalue weighted by Crippen LogP contribution is 2.39. The number of nitrogen functional groups attached to an aromatic ring is 1. The van der Waals surface area contributed by atoms with E-state index < -0.39 is 11.8 Å². The fourth-order valence-corrected chi connectivity index (χ4v) is 6.79. The van der Waals surface area contributed by atoms with Crippen molar-refractivity contribution in [1.82, 2.24) is 19.8 Å². The van der Waals surface area contributed by atoms with Gasteiger partial charge in [0.05, 0.1) is 33.2 Å². The second-order valence-corrected chi connectivity index (χ2v) is 11.7. The van der Waals surface area contributed by atoms with Crippen LogP contribution in [0.3, 0.4) is 0 Å². The molecule has 200 valence electrons. The number of hydrogen-bond acceptors (Lipinski definition) is 7. The van der Waals surface area contributed by atoms with E-state index in [-0.39, 0.29) is 6.04 Å². The number of anilines is 2. The summed E-state index contributed by atoms with van der Waals surface area (Å²) in [5, 5.41) is 3.89. The molecule has 0 aliphatic carbocycles. The molecule has 2 aromatic heterocycles. The van der Waals surface area contributed by atoms with Crippen molar-refractivity contribution in [3.63, 3.8) is 0 Å². The smallest absolute Gasteiger partial charge is 0.313 e. The van der Waals surface area contributed by atoms with Crippen LogP contribution in [0.1, 0.15) is 61.2 Å². The summed E-state index contributed by atoms with van der Waals surface area (Å²) in [4.78, 5) is 39.7. The summed E-state index contributed by atoms with van der Waals surface area (Å²) in [6, 6.07) is 8.30. The first kappa shape index (κ1) is 26.3. The minimum absolute atomic E-state index is 0.169. The molecule has 5 rings (SSSR count). The molecule has 3 aromatic rings. The zero-order chi connectivity index (χ0) is 27.0. The lowest BCUT2D eigenvalue weighted by Crippen LogP contribution is -2.46. The Kier molecular flexibility index (Phi) is 7.49. The quantitative estimate of drug-likeness (QED) is 0.363. The molecule has 0 radical (unpaired) electrons. The molecule has 2 amide bonds. The Balaban J connectivity index is 1.36. The maximum Gasteiger partial charge on any atom is 0.313 e. The number of nitrogens with one attached hydrogen (secondary N) is 1. The molecular formula is C29H36N6O2S. The van der Waals surface area contributed by atoms with Gasteiger partial charge in [0.2, 0.25) is 0 Å². The van der Waals surface area contributed by atoms with Gasteiger partial charge in [-0.1, -0.05) is 26.0 Å². The lowest BCUT2D eigenvalue weighted by molar-refractivity contribution is -0.146. The summed E-state index contributed by atoms with van der Waals surface area (Å²) in [5.74, 6) is -0.0310. The van der Waals surface area contributed by atoms with E-state index in [9.17, 15) is 9.59 Å². The number of benzene rings is 1. The highest BCUT2D eigenvalue weighted by atomic mass is 32.1. The predicted molar refractivity (Wildman–Crippen MR) is 153 cm³/mol. The van der Waals surface area contributed by atoms with Crippen LogP contribution in [0.5, 0.6) is 0 Å². The van der Waals surface area contributed by atoms with E-state index in [1.54, 1.807) is 22.3 Å². The maximum absolute atomic E-state index is 13.4. The van der Waals surface area contributed by atoms with E-state index in [1.165, 1.54) is 6.20 Å². The van der Waals surface area contributed by atoms with Gasteiger partial charge in [-0.2, -0.15) is 0 Å². The summed E-state index contributed by atoms with van der Waals surface area (Å²) >= 11 is 1.75. The molecule has 2 saturated heterocycles. The lowest BCUT2D eigenvalue weighted by Gasteiger charge is -2.38. The van der Waals surface area contributed by atoms with Crippen LogP contribution in [-0.4, -0.2) is 57.8 Å². The topological polar surface area (TPSA) is 104 Å². The van der Waals surface area contributed by atoms with Gasteiger partial charge in [-0.05, 0) is 68.0 Å². The average molecular weight is 533 g/mol. The van der Waals surface area contributed by atoms with Crippen molar-refractivity contribution in [2.24, 2.45) is 5.92 Å². The molecule has 4 atom stereocenters. The van der Waals surface area contributed by atoms with E-state index >= 15 is 0 Å². The number of thiazole rings is 1.